The van der Waals surface area contributed by atoms with Gasteiger partial charge in [-0.05, 0) is 62.6 Å². The third-order valence-electron chi connectivity index (χ3n) is 6.16. The van der Waals surface area contributed by atoms with Crippen molar-refractivity contribution in [2.75, 3.05) is 26.2 Å². The molecule has 1 saturated carbocycles. The molecule has 26 heavy (non-hydrogen) atoms. The number of hydrogen-bond acceptors (Lipinski definition) is 4. The maximum atomic E-state index is 12.7. The second-order valence-electron chi connectivity index (χ2n) is 8.49. The zero-order valence-corrected chi connectivity index (χ0v) is 16.2. The van der Waals surface area contributed by atoms with Crippen LogP contribution in [0.25, 0.3) is 0 Å². The number of rotatable bonds is 3. The van der Waals surface area contributed by atoms with Gasteiger partial charge in [0.15, 0.2) is 0 Å². The fourth-order valence-corrected chi connectivity index (χ4v) is 5.85. The van der Waals surface area contributed by atoms with Gasteiger partial charge in [-0.2, -0.15) is 13.2 Å². The highest BCUT2D eigenvalue weighted by atomic mass is 32.2. The van der Waals surface area contributed by atoms with Crippen molar-refractivity contribution in [3.05, 3.63) is 23.5 Å². The fraction of sp³-hybridized carbons (Fsp3) is 0.737. The van der Waals surface area contributed by atoms with E-state index < -0.39 is 11.9 Å². The highest BCUT2D eigenvalue weighted by Gasteiger charge is 2.53. The molecule has 0 amide bonds. The molecule has 0 atom stereocenters. The van der Waals surface area contributed by atoms with Gasteiger partial charge in [0, 0.05) is 42.5 Å². The maximum Gasteiger partial charge on any atom is 0.433 e. The minimum atomic E-state index is -4.37. The Morgan fingerprint density at radius 2 is 1.73 bits per heavy atom. The Kier molecular flexibility index (Phi) is 4.77. The zero-order chi connectivity index (χ0) is 18.5. The maximum absolute atomic E-state index is 12.7. The van der Waals surface area contributed by atoms with E-state index in [1.807, 2.05) is 0 Å². The summed E-state index contributed by atoms with van der Waals surface area (Å²) in [6.07, 6.45) is 1.02. The molecule has 2 aliphatic heterocycles. The molecular weight excluding hydrogens is 359 g/mol. The first-order valence-corrected chi connectivity index (χ1v) is 10.2. The van der Waals surface area contributed by atoms with E-state index in [1.165, 1.54) is 38.8 Å². The Labute approximate surface area is 157 Å². The van der Waals surface area contributed by atoms with Crippen molar-refractivity contribution < 1.29 is 13.2 Å². The van der Waals surface area contributed by atoms with Crippen molar-refractivity contribution in [3.63, 3.8) is 0 Å². The Morgan fingerprint density at radius 1 is 1.08 bits per heavy atom. The molecule has 4 rings (SSSR count). The molecule has 0 N–H and O–H groups in total. The number of hydrogen-bond donors (Lipinski definition) is 0. The molecule has 1 aromatic rings. The molecule has 1 aliphatic carbocycles. The van der Waals surface area contributed by atoms with Crippen molar-refractivity contribution in [3.8, 4) is 0 Å². The topological polar surface area (TPSA) is 19.4 Å². The molecule has 3 fully saturated rings. The number of halogens is 3. The van der Waals surface area contributed by atoms with Gasteiger partial charge in [0.2, 0.25) is 0 Å². The molecule has 1 spiro atoms. The highest BCUT2D eigenvalue weighted by Crippen LogP contribution is 2.47. The molecule has 3 aliphatic rings. The summed E-state index contributed by atoms with van der Waals surface area (Å²) in [6, 6.07) is 3.41. The number of aryl methyl sites for hydroxylation is 1. The molecule has 2 saturated heterocycles. The molecule has 0 bridgehead atoms. The van der Waals surface area contributed by atoms with E-state index in [-0.39, 0.29) is 0 Å². The molecule has 7 heteroatoms. The number of likely N-dealkylation sites (tertiary alicyclic amines) is 1. The van der Waals surface area contributed by atoms with Gasteiger partial charge in [0.1, 0.15) is 5.69 Å². The van der Waals surface area contributed by atoms with Gasteiger partial charge in [0.25, 0.3) is 0 Å². The van der Waals surface area contributed by atoms with Crippen LogP contribution in [0.15, 0.2) is 17.0 Å². The lowest BCUT2D eigenvalue weighted by atomic mass is 9.72. The fourth-order valence-electron chi connectivity index (χ4n) is 4.59. The van der Waals surface area contributed by atoms with Crippen molar-refractivity contribution in [1.82, 2.24) is 14.2 Å². The van der Waals surface area contributed by atoms with Gasteiger partial charge >= 0.3 is 6.18 Å². The Morgan fingerprint density at radius 3 is 2.31 bits per heavy atom. The average Bonchev–Trinajstić information content (AvgIpc) is 2.50. The minimum absolute atomic E-state index is 0.420. The molecule has 3 nitrogen and oxygen atoms in total. The van der Waals surface area contributed by atoms with Crippen LogP contribution in [-0.4, -0.2) is 46.4 Å². The predicted molar refractivity (Wildman–Crippen MR) is 96.8 cm³/mol. The SMILES string of the molecule is Cc1nc(C(F)(F)F)ccc1SN1CC2(C1)CN(C1CCC(C)CC1)C2. The number of nitrogens with zero attached hydrogens (tertiary/aromatic N) is 3. The van der Waals surface area contributed by atoms with E-state index in [9.17, 15) is 13.2 Å². The predicted octanol–water partition coefficient (Wildman–Crippen LogP) is 4.61. The lowest BCUT2D eigenvalue weighted by molar-refractivity contribution is -0.141. The molecule has 144 valence electrons. The van der Waals surface area contributed by atoms with E-state index in [4.69, 9.17) is 0 Å². The van der Waals surface area contributed by atoms with E-state index in [2.05, 4.69) is 21.1 Å². The van der Waals surface area contributed by atoms with Crippen LogP contribution in [-0.2, 0) is 6.18 Å². The first-order valence-electron chi connectivity index (χ1n) is 9.46. The first-order chi connectivity index (χ1) is 12.2. The lowest BCUT2D eigenvalue weighted by Gasteiger charge is -2.62. The number of aromatic nitrogens is 1. The van der Waals surface area contributed by atoms with Crippen LogP contribution in [0.4, 0.5) is 13.2 Å². The van der Waals surface area contributed by atoms with Gasteiger partial charge < -0.3 is 0 Å². The van der Waals surface area contributed by atoms with Gasteiger partial charge in [0.05, 0.1) is 5.69 Å². The van der Waals surface area contributed by atoms with Gasteiger partial charge in [-0.25, -0.2) is 9.29 Å². The van der Waals surface area contributed by atoms with Crippen LogP contribution in [0.3, 0.4) is 0 Å². The zero-order valence-electron chi connectivity index (χ0n) is 15.4. The largest absolute Gasteiger partial charge is 0.433 e. The lowest BCUT2D eigenvalue weighted by Crippen LogP contribution is -2.72. The molecule has 0 radical (unpaired) electrons. The van der Waals surface area contributed by atoms with Crippen LogP contribution in [0, 0.1) is 18.3 Å². The third-order valence-corrected chi connectivity index (χ3v) is 7.30. The number of pyridine rings is 1. The standard InChI is InChI=1S/C19H26F3N3S/c1-13-3-5-15(6-4-13)24-9-18(10-24)11-25(12-18)26-16-7-8-17(19(20,21)22)23-14(16)2/h7-8,13,15H,3-6,9-12H2,1-2H3. The second kappa shape index (κ2) is 6.67. The van der Waals surface area contributed by atoms with Gasteiger partial charge in [-0.3, -0.25) is 4.90 Å². The van der Waals surface area contributed by atoms with E-state index in [0.29, 0.717) is 11.1 Å². The summed E-state index contributed by atoms with van der Waals surface area (Å²) >= 11 is 1.55. The smallest absolute Gasteiger partial charge is 0.299 e. The Bertz CT molecular complexity index is 656. The summed E-state index contributed by atoms with van der Waals surface area (Å²) in [4.78, 5) is 7.20. The monoisotopic (exact) mass is 385 g/mol. The van der Waals surface area contributed by atoms with Crippen LogP contribution in [0.2, 0.25) is 0 Å². The van der Waals surface area contributed by atoms with Crippen molar-refractivity contribution in [2.24, 2.45) is 11.3 Å². The van der Waals surface area contributed by atoms with Crippen LogP contribution in [0.5, 0.6) is 0 Å². The van der Waals surface area contributed by atoms with Gasteiger partial charge in [-0.15, -0.1) is 0 Å². The van der Waals surface area contributed by atoms with Crippen LogP contribution < -0.4 is 0 Å². The van der Waals surface area contributed by atoms with E-state index >= 15 is 0 Å². The van der Waals surface area contributed by atoms with Crippen molar-refractivity contribution in [1.29, 1.82) is 0 Å². The molecule has 0 unspecified atom stereocenters. The quantitative estimate of drug-likeness (QED) is 0.707. The Hall–Kier alpha value is -0.790. The second-order valence-corrected chi connectivity index (χ2v) is 9.62. The summed E-state index contributed by atoms with van der Waals surface area (Å²) < 4.78 is 40.4. The summed E-state index contributed by atoms with van der Waals surface area (Å²) in [5.41, 5.74) is 0.0664. The molecular formula is C19H26F3N3S. The Balaban J connectivity index is 1.26. The van der Waals surface area contributed by atoms with Crippen LogP contribution >= 0.6 is 11.9 Å². The highest BCUT2D eigenvalue weighted by molar-refractivity contribution is 7.97. The van der Waals surface area contributed by atoms with Crippen molar-refractivity contribution >= 4 is 11.9 Å². The van der Waals surface area contributed by atoms with Crippen molar-refractivity contribution in [2.45, 2.75) is 56.6 Å². The summed E-state index contributed by atoms with van der Waals surface area (Å²) in [6.45, 7) is 8.44. The first kappa shape index (κ1) is 18.6. The van der Waals surface area contributed by atoms with E-state index in [0.717, 1.165) is 36.0 Å². The number of alkyl halides is 3. The van der Waals surface area contributed by atoms with Gasteiger partial charge in [-0.1, -0.05) is 6.92 Å². The summed E-state index contributed by atoms with van der Waals surface area (Å²) in [7, 11) is 0. The molecule has 3 heterocycles. The third kappa shape index (κ3) is 3.62. The van der Waals surface area contributed by atoms with Crippen LogP contribution in [0.1, 0.15) is 44.0 Å². The summed E-state index contributed by atoms with van der Waals surface area (Å²) in [5.74, 6) is 0.887. The molecule has 0 aromatic carbocycles. The molecule has 1 aromatic heterocycles. The normalized spacial score (nSPS) is 29.4. The average molecular weight is 385 g/mol. The minimum Gasteiger partial charge on any atom is -0.299 e. The van der Waals surface area contributed by atoms with E-state index in [1.54, 1.807) is 24.9 Å². The summed E-state index contributed by atoms with van der Waals surface area (Å²) in [5, 5.41) is 0.